The van der Waals surface area contributed by atoms with Crippen LogP contribution in [0.1, 0.15) is 12.5 Å². The molecule has 0 spiro atoms. The molecule has 2 heterocycles. The second-order valence-corrected chi connectivity index (χ2v) is 4.44. The van der Waals surface area contributed by atoms with Crippen molar-refractivity contribution in [2.24, 2.45) is 0 Å². The third kappa shape index (κ3) is 2.42. The van der Waals surface area contributed by atoms with Crippen LogP contribution < -0.4 is 5.32 Å². The summed E-state index contributed by atoms with van der Waals surface area (Å²) in [6, 6.07) is 10.3. The van der Waals surface area contributed by atoms with Crippen LogP contribution in [0.4, 0.5) is 5.69 Å². The van der Waals surface area contributed by atoms with E-state index in [2.05, 4.69) is 45.0 Å². The molecule has 0 bridgehead atoms. The van der Waals surface area contributed by atoms with Crippen molar-refractivity contribution in [1.82, 2.24) is 14.5 Å². The first kappa shape index (κ1) is 11.7. The number of hydrogen-bond donors (Lipinski definition) is 1. The number of anilines is 1. The molecule has 0 amide bonds. The lowest BCUT2D eigenvalue weighted by atomic mass is 10.2. The minimum Gasteiger partial charge on any atom is -0.381 e. The number of rotatable bonds is 4. The second kappa shape index (κ2) is 5.10. The minimum absolute atomic E-state index is 0.794. The van der Waals surface area contributed by atoms with Gasteiger partial charge < -0.3 is 9.88 Å². The maximum Gasteiger partial charge on any atom is 0.0958 e. The van der Waals surface area contributed by atoms with Crippen molar-refractivity contribution in [2.75, 3.05) is 5.32 Å². The molecule has 0 atom stereocenters. The van der Waals surface area contributed by atoms with Crippen molar-refractivity contribution in [3.05, 3.63) is 54.6 Å². The molecule has 2 aromatic heterocycles. The summed E-state index contributed by atoms with van der Waals surface area (Å²) in [5.74, 6) is 0. The van der Waals surface area contributed by atoms with Crippen molar-refractivity contribution < 1.29 is 0 Å². The van der Waals surface area contributed by atoms with E-state index >= 15 is 0 Å². The van der Waals surface area contributed by atoms with Crippen LogP contribution in [-0.2, 0) is 13.1 Å². The largest absolute Gasteiger partial charge is 0.381 e. The molecule has 19 heavy (non-hydrogen) atoms. The summed E-state index contributed by atoms with van der Waals surface area (Å²) in [6.07, 6.45) is 5.50. The van der Waals surface area contributed by atoms with Crippen molar-refractivity contribution in [3.8, 4) is 0 Å². The molecule has 96 valence electrons. The van der Waals surface area contributed by atoms with Gasteiger partial charge in [-0.1, -0.05) is 0 Å². The average molecular weight is 252 g/mol. The number of imidazole rings is 1. The van der Waals surface area contributed by atoms with Gasteiger partial charge in [0.1, 0.15) is 0 Å². The van der Waals surface area contributed by atoms with E-state index in [1.807, 2.05) is 30.9 Å². The number of nitrogens with zero attached hydrogens (tertiary/aromatic N) is 3. The van der Waals surface area contributed by atoms with Crippen LogP contribution >= 0.6 is 0 Å². The Bertz CT molecular complexity index is 673. The Labute approximate surface area is 112 Å². The van der Waals surface area contributed by atoms with Crippen molar-refractivity contribution in [1.29, 1.82) is 0 Å². The Kier molecular flexibility index (Phi) is 3.14. The molecule has 0 unspecified atom stereocenters. The van der Waals surface area contributed by atoms with Crippen LogP contribution in [0.25, 0.3) is 11.0 Å². The summed E-state index contributed by atoms with van der Waals surface area (Å²) < 4.78 is 2.14. The highest BCUT2D eigenvalue weighted by Gasteiger charge is 2.02. The SMILES string of the molecule is CCn1cnc2cc(NCc3ccncc3)ccc21. The van der Waals surface area contributed by atoms with Crippen molar-refractivity contribution in [3.63, 3.8) is 0 Å². The minimum atomic E-state index is 0.794. The number of benzene rings is 1. The highest BCUT2D eigenvalue weighted by atomic mass is 15.0. The molecule has 0 fully saturated rings. The molecule has 4 nitrogen and oxygen atoms in total. The molecule has 1 aromatic carbocycles. The van der Waals surface area contributed by atoms with Crippen LogP contribution in [0.2, 0.25) is 0 Å². The first-order valence-corrected chi connectivity index (χ1v) is 6.44. The number of pyridine rings is 1. The molecule has 0 saturated heterocycles. The van der Waals surface area contributed by atoms with E-state index < -0.39 is 0 Å². The Morgan fingerprint density at radius 1 is 1.16 bits per heavy atom. The van der Waals surface area contributed by atoms with E-state index in [-0.39, 0.29) is 0 Å². The predicted octanol–water partition coefficient (Wildman–Crippen LogP) is 3.06. The fourth-order valence-corrected chi connectivity index (χ4v) is 2.13. The Hall–Kier alpha value is -2.36. The Morgan fingerprint density at radius 3 is 2.79 bits per heavy atom. The molecule has 0 aliphatic rings. The second-order valence-electron chi connectivity index (χ2n) is 4.44. The molecule has 0 aliphatic carbocycles. The van der Waals surface area contributed by atoms with Gasteiger partial charge in [0.05, 0.1) is 17.4 Å². The summed E-state index contributed by atoms with van der Waals surface area (Å²) in [5, 5.41) is 3.40. The number of nitrogens with one attached hydrogen (secondary N) is 1. The van der Waals surface area contributed by atoms with Gasteiger partial charge in [0, 0.05) is 31.2 Å². The lowest BCUT2D eigenvalue weighted by molar-refractivity contribution is 0.787. The molecule has 4 heteroatoms. The van der Waals surface area contributed by atoms with Crippen LogP contribution in [0.5, 0.6) is 0 Å². The molecular weight excluding hydrogens is 236 g/mol. The van der Waals surface area contributed by atoms with Crippen molar-refractivity contribution in [2.45, 2.75) is 20.0 Å². The maximum atomic E-state index is 4.42. The van der Waals surface area contributed by atoms with Gasteiger partial charge in [-0.2, -0.15) is 0 Å². The van der Waals surface area contributed by atoms with E-state index in [9.17, 15) is 0 Å². The lowest BCUT2D eigenvalue weighted by Crippen LogP contribution is -1.99. The summed E-state index contributed by atoms with van der Waals surface area (Å²) in [5.41, 5.74) is 4.51. The Balaban J connectivity index is 1.78. The molecule has 3 aromatic rings. The first-order valence-electron chi connectivity index (χ1n) is 6.44. The van der Waals surface area contributed by atoms with Gasteiger partial charge in [-0.15, -0.1) is 0 Å². The lowest BCUT2D eigenvalue weighted by Gasteiger charge is -2.06. The smallest absolute Gasteiger partial charge is 0.0958 e. The molecular formula is C15H16N4. The number of aryl methyl sites for hydroxylation is 1. The third-order valence-corrected chi connectivity index (χ3v) is 3.21. The topological polar surface area (TPSA) is 42.7 Å². The van der Waals surface area contributed by atoms with Gasteiger partial charge in [0.15, 0.2) is 0 Å². The zero-order valence-corrected chi connectivity index (χ0v) is 10.9. The van der Waals surface area contributed by atoms with Gasteiger partial charge >= 0.3 is 0 Å². The Morgan fingerprint density at radius 2 is 2.00 bits per heavy atom. The van der Waals surface area contributed by atoms with Crippen molar-refractivity contribution >= 4 is 16.7 Å². The van der Waals surface area contributed by atoms with Gasteiger partial charge in [-0.3, -0.25) is 4.98 Å². The first-order chi connectivity index (χ1) is 9.36. The van der Waals surface area contributed by atoms with E-state index in [0.717, 1.165) is 24.3 Å². The zero-order valence-electron chi connectivity index (χ0n) is 10.9. The van der Waals surface area contributed by atoms with Gasteiger partial charge in [0.2, 0.25) is 0 Å². The molecule has 0 saturated carbocycles. The van der Waals surface area contributed by atoms with Gasteiger partial charge in [-0.05, 0) is 42.8 Å². The molecule has 3 rings (SSSR count). The quantitative estimate of drug-likeness (QED) is 0.776. The predicted molar refractivity (Wildman–Crippen MR) is 77.0 cm³/mol. The maximum absolute atomic E-state index is 4.42. The fraction of sp³-hybridized carbons (Fsp3) is 0.200. The highest BCUT2D eigenvalue weighted by molar-refractivity contribution is 5.79. The van der Waals surface area contributed by atoms with E-state index in [1.165, 1.54) is 11.1 Å². The number of hydrogen-bond acceptors (Lipinski definition) is 3. The standard InChI is InChI=1S/C15H16N4/c1-2-19-11-18-14-9-13(3-4-15(14)19)17-10-12-5-7-16-8-6-12/h3-9,11,17H,2,10H2,1H3. The van der Waals surface area contributed by atoms with E-state index in [1.54, 1.807) is 0 Å². The zero-order chi connectivity index (χ0) is 13.1. The van der Waals surface area contributed by atoms with E-state index in [0.29, 0.717) is 0 Å². The van der Waals surface area contributed by atoms with Crippen LogP contribution in [0, 0.1) is 0 Å². The fourth-order valence-electron chi connectivity index (χ4n) is 2.13. The van der Waals surface area contributed by atoms with Crippen LogP contribution in [0.3, 0.4) is 0 Å². The summed E-state index contributed by atoms with van der Waals surface area (Å²) in [4.78, 5) is 8.43. The summed E-state index contributed by atoms with van der Waals surface area (Å²) in [6.45, 7) is 3.86. The normalized spacial score (nSPS) is 10.8. The van der Waals surface area contributed by atoms with Crippen LogP contribution in [-0.4, -0.2) is 14.5 Å². The molecule has 0 radical (unpaired) electrons. The summed E-state index contributed by atoms with van der Waals surface area (Å²) >= 11 is 0. The van der Waals surface area contributed by atoms with E-state index in [4.69, 9.17) is 0 Å². The summed E-state index contributed by atoms with van der Waals surface area (Å²) in [7, 11) is 0. The highest BCUT2D eigenvalue weighted by Crippen LogP contribution is 2.18. The number of aromatic nitrogens is 3. The van der Waals surface area contributed by atoms with Gasteiger partial charge in [0.25, 0.3) is 0 Å². The average Bonchev–Trinajstić information content (AvgIpc) is 2.88. The number of fused-ring (bicyclic) bond motifs is 1. The molecule has 0 aliphatic heterocycles. The monoisotopic (exact) mass is 252 g/mol. The molecule has 1 N–H and O–H groups in total. The van der Waals surface area contributed by atoms with Gasteiger partial charge in [-0.25, -0.2) is 4.98 Å². The van der Waals surface area contributed by atoms with Crippen LogP contribution in [0.15, 0.2) is 49.1 Å². The third-order valence-electron chi connectivity index (χ3n) is 3.21.